The van der Waals surface area contributed by atoms with Crippen molar-refractivity contribution in [2.24, 2.45) is 0 Å². The van der Waals surface area contributed by atoms with Crippen molar-refractivity contribution in [2.75, 3.05) is 38.5 Å². The molecule has 0 saturated carbocycles. The fraction of sp³-hybridized carbons (Fsp3) is 0.647. The van der Waals surface area contributed by atoms with E-state index in [1.807, 2.05) is 12.1 Å². The SMILES string of the molecule is CN1CCC(N2CCC(Nc3ncccc3C#N)CC2)CC1. The Labute approximate surface area is 132 Å². The molecule has 0 amide bonds. The van der Waals surface area contributed by atoms with E-state index in [-0.39, 0.29) is 0 Å². The van der Waals surface area contributed by atoms with Gasteiger partial charge in [0.05, 0.1) is 5.56 Å². The minimum Gasteiger partial charge on any atom is -0.366 e. The van der Waals surface area contributed by atoms with Crippen molar-refractivity contribution in [3.05, 3.63) is 23.9 Å². The highest BCUT2D eigenvalue weighted by Crippen LogP contribution is 2.22. The second kappa shape index (κ2) is 7.08. The zero-order chi connectivity index (χ0) is 15.4. The first kappa shape index (κ1) is 15.3. The largest absolute Gasteiger partial charge is 0.366 e. The van der Waals surface area contributed by atoms with Gasteiger partial charge in [-0.3, -0.25) is 0 Å². The summed E-state index contributed by atoms with van der Waals surface area (Å²) >= 11 is 0. The fourth-order valence-electron chi connectivity index (χ4n) is 3.57. The highest BCUT2D eigenvalue weighted by Gasteiger charge is 2.27. The second-order valence-corrected chi connectivity index (χ2v) is 6.50. The maximum absolute atomic E-state index is 9.14. The summed E-state index contributed by atoms with van der Waals surface area (Å²) in [5.41, 5.74) is 0.639. The van der Waals surface area contributed by atoms with Crippen LogP contribution in [0.25, 0.3) is 0 Å². The van der Waals surface area contributed by atoms with Gasteiger partial charge in [0.2, 0.25) is 0 Å². The molecule has 118 valence electrons. The normalized spacial score (nSPS) is 22.4. The summed E-state index contributed by atoms with van der Waals surface area (Å²) in [5.74, 6) is 0.739. The number of nitriles is 1. The Bertz CT molecular complexity index is 522. The van der Waals surface area contributed by atoms with Crippen molar-refractivity contribution in [1.82, 2.24) is 14.8 Å². The second-order valence-electron chi connectivity index (χ2n) is 6.50. The first-order chi connectivity index (χ1) is 10.8. The highest BCUT2D eigenvalue weighted by atomic mass is 15.2. The van der Waals surface area contributed by atoms with Gasteiger partial charge < -0.3 is 15.1 Å². The van der Waals surface area contributed by atoms with E-state index in [4.69, 9.17) is 5.26 Å². The molecule has 3 rings (SSSR count). The van der Waals surface area contributed by atoms with E-state index in [0.29, 0.717) is 11.6 Å². The lowest BCUT2D eigenvalue weighted by molar-refractivity contribution is 0.0993. The van der Waals surface area contributed by atoms with Gasteiger partial charge in [-0.2, -0.15) is 5.26 Å². The molecule has 0 bridgehead atoms. The van der Waals surface area contributed by atoms with Crippen LogP contribution in [-0.4, -0.2) is 60.1 Å². The zero-order valence-corrected chi connectivity index (χ0v) is 13.3. The molecule has 5 heteroatoms. The Morgan fingerprint density at radius 2 is 1.91 bits per heavy atom. The van der Waals surface area contributed by atoms with Crippen LogP contribution in [0, 0.1) is 11.3 Å². The summed E-state index contributed by atoms with van der Waals surface area (Å²) in [6.07, 6.45) is 6.61. The summed E-state index contributed by atoms with van der Waals surface area (Å²) in [7, 11) is 2.21. The lowest BCUT2D eigenvalue weighted by atomic mass is 9.98. The molecule has 0 aromatic carbocycles. The Kier molecular flexibility index (Phi) is 4.91. The Hall–Kier alpha value is -1.64. The first-order valence-corrected chi connectivity index (χ1v) is 8.30. The van der Waals surface area contributed by atoms with Gasteiger partial charge in [0.25, 0.3) is 0 Å². The third-order valence-electron chi connectivity index (χ3n) is 5.00. The minimum atomic E-state index is 0.435. The monoisotopic (exact) mass is 299 g/mol. The number of nitrogens with one attached hydrogen (secondary N) is 1. The molecule has 2 aliphatic rings. The number of aromatic nitrogens is 1. The van der Waals surface area contributed by atoms with E-state index < -0.39 is 0 Å². The molecule has 5 nitrogen and oxygen atoms in total. The zero-order valence-electron chi connectivity index (χ0n) is 13.3. The lowest BCUT2D eigenvalue weighted by Gasteiger charge is -2.41. The van der Waals surface area contributed by atoms with Gasteiger partial charge in [0, 0.05) is 31.4 Å². The molecule has 2 aliphatic heterocycles. The van der Waals surface area contributed by atoms with E-state index in [0.717, 1.165) is 37.8 Å². The molecule has 22 heavy (non-hydrogen) atoms. The summed E-state index contributed by atoms with van der Waals surface area (Å²) < 4.78 is 0. The van der Waals surface area contributed by atoms with Crippen LogP contribution in [0.5, 0.6) is 0 Å². The van der Waals surface area contributed by atoms with Crippen molar-refractivity contribution in [3.63, 3.8) is 0 Å². The Morgan fingerprint density at radius 3 is 2.59 bits per heavy atom. The number of hydrogen-bond acceptors (Lipinski definition) is 5. The van der Waals surface area contributed by atoms with Crippen LogP contribution in [0.3, 0.4) is 0 Å². The van der Waals surface area contributed by atoms with Crippen LogP contribution in [0.1, 0.15) is 31.2 Å². The molecule has 1 aromatic rings. The Morgan fingerprint density at radius 1 is 1.18 bits per heavy atom. The molecule has 0 spiro atoms. The topological polar surface area (TPSA) is 55.2 Å². The minimum absolute atomic E-state index is 0.435. The van der Waals surface area contributed by atoms with Crippen LogP contribution in [0.2, 0.25) is 0 Å². The molecule has 0 atom stereocenters. The van der Waals surface area contributed by atoms with Crippen molar-refractivity contribution in [3.8, 4) is 6.07 Å². The van der Waals surface area contributed by atoms with Gasteiger partial charge in [0.1, 0.15) is 11.9 Å². The van der Waals surface area contributed by atoms with E-state index in [1.54, 1.807) is 6.20 Å². The predicted octanol–water partition coefficient (Wildman–Crippen LogP) is 1.92. The summed E-state index contributed by atoms with van der Waals surface area (Å²) in [4.78, 5) is 9.40. The number of nitrogens with zero attached hydrogens (tertiary/aromatic N) is 4. The van der Waals surface area contributed by atoms with Gasteiger partial charge in [0.15, 0.2) is 0 Å². The third-order valence-corrected chi connectivity index (χ3v) is 5.00. The molecule has 3 heterocycles. The van der Waals surface area contributed by atoms with Gasteiger partial charge in [-0.05, 0) is 58.0 Å². The average Bonchev–Trinajstić information content (AvgIpc) is 2.57. The van der Waals surface area contributed by atoms with Crippen LogP contribution in [0.4, 0.5) is 5.82 Å². The molecule has 2 saturated heterocycles. The summed E-state index contributed by atoms with van der Waals surface area (Å²) in [5, 5.41) is 12.6. The predicted molar refractivity (Wildman–Crippen MR) is 87.7 cm³/mol. The van der Waals surface area contributed by atoms with Crippen LogP contribution < -0.4 is 5.32 Å². The Balaban J connectivity index is 1.51. The molecular formula is C17H25N5. The number of pyridine rings is 1. The molecule has 0 radical (unpaired) electrons. The maximum Gasteiger partial charge on any atom is 0.144 e. The quantitative estimate of drug-likeness (QED) is 0.924. The van der Waals surface area contributed by atoms with Crippen LogP contribution in [0.15, 0.2) is 18.3 Å². The number of rotatable bonds is 3. The van der Waals surface area contributed by atoms with E-state index in [9.17, 15) is 0 Å². The molecule has 1 N–H and O–H groups in total. The van der Waals surface area contributed by atoms with Crippen molar-refractivity contribution in [1.29, 1.82) is 5.26 Å². The third kappa shape index (κ3) is 3.57. The molecular weight excluding hydrogens is 274 g/mol. The maximum atomic E-state index is 9.14. The summed E-state index contributed by atoms with van der Waals surface area (Å²) in [6.45, 7) is 4.76. The lowest BCUT2D eigenvalue weighted by Crippen LogP contribution is -2.48. The first-order valence-electron chi connectivity index (χ1n) is 8.30. The van der Waals surface area contributed by atoms with Gasteiger partial charge in [-0.15, -0.1) is 0 Å². The van der Waals surface area contributed by atoms with Gasteiger partial charge in [-0.25, -0.2) is 4.98 Å². The van der Waals surface area contributed by atoms with Crippen molar-refractivity contribution >= 4 is 5.82 Å². The molecule has 1 aromatic heterocycles. The fourth-order valence-corrected chi connectivity index (χ4v) is 3.57. The van der Waals surface area contributed by atoms with Gasteiger partial charge in [-0.1, -0.05) is 0 Å². The highest BCUT2D eigenvalue weighted by molar-refractivity contribution is 5.51. The van der Waals surface area contributed by atoms with E-state index in [1.165, 1.54) is 25.9 Å². The summed E-state index contributed by atoms with van der Waals surface area (Å²) in [6, 6.07) is 7.04. The van der Waals surface area contributed by atoms with Crippen LogP contribution in [-0.2, 0) is 0 Å². The average molecular weight is 299 g/mol. The number of piperidine rings is 2. The standard InChI is InChI=1S/C17H25N5/c1-21-9-6-16(7-10-21)22-11-4-15(5-12-22)20-17-14(13-18)3-2-8-19-17/h2-3,8,15-16H,4-7,9-12H2,1H3,(H,19,20). The van der Waals surface area contributed by atoms with E-state index in [2.05, 4.69) is 33.2 Å². The molecule has 0 unspecified atom stereocenters. The number of hydrogen-bond donors (Lipinski definition) is 1. The van der Waals surface area contributed by atoms with Crippen molar-refractivity contribution in [2.45, 2.75) is 37.8 Å². The molecule has 2 fully saturated rings. The smallest absolute Gasteiger partial charge is 0.144 e. The number of likely N-dealkylation sites (tertiary alicyclic amines) is 2. The number of anilines is 1. The van der Waals surface area contributed by atoms with Crippen molar-refractivity contribution < 1.29 is 0 Å². The van der Waals surface area contributed by atoms with E-state index >= 15 is 0 Å². The van der Waals surface area contributed by atoms with Crippen LogP contribution >= 0.6 is 0 Å². The molecule has 0 aliphatic carbocycles. The van der Waals surface area contributed by atoms with Gasteiger partial charge >= 0.3 is 0 Å².